The van der Waals surface area contributed by atoms with Crippen LogP contribution in [-0.2, 0) is 9.53 Å². The Morgan fingerprint density at radius 1 is 1.21 bits per heavy atom. The van der Waals surface area contributed by atoms with Crippen LogP contribution in [0.2, 0.25) is 0 Å². The lowest BCUT2D eigenvalue weighted by atomic mass is 10.2. The van der Waals surface area contributed by atoms with Gasteiger partial charge in [-0.3, -0.25) is 10.1 Å². The van der Waals surface area contributed by atoms with E-state index in [9.17, 15) is 14.0 Å². The van der Waals surface area contributed by atoms with Gasteiger partial charge in [0.15, 0.2) is 4.34 Å². The standard InChI is InChI=1S/C17H20FN5O3S2/c1-10-7-23(8-11(2)26-10)14(24)9-27-17-22-21-16(28-17)20-15(25)19-13-5-3-12(18)4-6-13/h3-6,10-11H,7-9H2,1-2H3,(H2,19,20,21,25)/t10-,11-/m0/s1. The van der Waals surface area contributed by atoms with Crippen molar-refractivity contribution in [3.8, 4) is 0 Å². The Balaban J connectivity index is 1.46. The van der Waals surface area contributed by atoms with E-state index in [0.29, 0.717) is 28.2 Å². The lowest BCUT2D eigenvalue weighted by Gasteiger charge is -2.35. The monoisotopic (exact) mass is 425 g/mol. The lowest BCUT2D eigenvalue weighted by molar-refractivity contribution is -0.140. The molecule has 0 unspecified atom stereocenters. The van der Waals surface area contributed by atoms with Crippen LogP contribution in [0, 0.1) is 5.82 Å². The van der Waals surface area contributed by atoms with Crippen LogP contribution in [0.15, 0.2) is 28.6 Å². The van der Waals surface area contributed by atoms with Gasteiger partial charge in [0.2, 0.25) is 11.0 Å². The second-order valence-corrected chi connectivity index (χ2v) is 8.50. The number of halogens is 1. The van der Waals surface area contributed by atoms with Crippen LogP contribution in [0.1, 0.15) is 13.8 Å². The molecule has 1 fully saturated rings. The number of urea groups is 1. The van der Waals surface area contributed by atoms with Gasteiger partial charge in [0.25, 0.3) is 0 Å². The van der Waals surface area contributed by atoms with Crippen LogP contribution in [0.5, 0.6) is 0 Å². The Hall–Kier alpha value is -2.24. The average Bonchev–Trinajstić information content (AvgIpc) is 3.08. The molecule has 2 aromatic rings. The molecule has 2 atom stereocenters. The molecule has 1 aromatic carbocycles. The summed E-state index contributed by atoms with van der Waals surface area (Å²) in [5, 5.41) is 13.3. The van der Waals surface area contributed by atoms with E-state index in [1.807, 2.05) is 13.8 Å². The molecule has 2 heterocycles. The number of aromatic nitrogens is 2. The summed E-state index contributed by atoms with van der Waals surface area (Å²) in [7, 11) is 0. The zero-order valence-corrected chi connectivity index (χ0v) is 17.0. The summed E-state index contributed by atoms with van der Waals surface area (Å²) in [6.45, 7) is 5.05. The number of anilines is 2. The van der Waals surface area contributed by atoms with Crippen LogP contribution >= 0.6 is 23.1 Å². The maximum Gasteiger partial charge on any atom is 0.325 e. The number of carbonyl (C=O) groups excluding carboxylic acids is 2. The van der Waals surface area contributed by atoms with E-state index in [4.69, 9.17) is 4.74 Å². The maximum atomic E-state index is 12.9. The molecule has 11 heteroatoms. The Bertz CT molecular complexity index is 822. The number of nitrogens with zero attached hydrogens (tertiary/aromatic N) is 3. The molecule has 0 aliphatic carbocycles. The molecule has 2 N–H and O–H groups in total. The van der Waals surface area contributed by atoms with Crippen LogP contribution in [0.25, 0.3) is 0 Å². The highest BCUT2D eigenvalue weighted by Crippen LogP contribution is 2.26. The third kappa shape index (κ3) is 5.88. The Labute approximate surface area is 169 Å². The van der Waals surface area contributed by atoms with Crippen molar-refractivity contribution >= 4 is 45.9 Å². The van der Waals surface area contributed by atoms with Gasteiger partial charge in [-0.25, -0.2) is 9.18 Å². The van der Waals surface area contributed by atoms with Crippen molar-refractivity contribution in [3.05, 3.63) is 30.1 Å². The highest BCUT2D eigenvalue weighted by atomic mass is 32.2. The molecule has 0 saturated carbocycles. The number of amides is 3. The lowest BCUT2D eigenvalue weighted by Crippen LogP contribution is -2.48. The van der Waals surface area contributed by atoms with Crippen molar-refractivity contribution in [2.24, 2.45) is 0 Å². The average molecular weight is 426 g/mol. The quantitative estimate of drug-likeness (QED) is 0.565. The molecule has 150 valence electrons. The van der Waals surface area contributed by atoms with Crippen LogP contribution in [-0.4, -0.2) is 58.1 Å². The molecule has 3 amide bonds. The van der Waals surface area contributed by atoms with Gasteiger partial charge >= 0.3 is 6.03 Å². The van der Waals surface area contributed by atoms with E-state index in [-0.39, 0.29) is 29.7 Å². The topological polar surface area (TPSA) is 96.5 Å². The fraction of sp³-hybridized carbons (Fsp3) is 0.412. The van der Waals surface area contributed by atoms with Crippen LogP contribution in [0.3, 0.4) is 0 Å². The molecule has 1 aliphatic rings. The Morgan fingerprint density at radius 3 is 2.57 bits per heavy atom. The smallest absolute Gasteiger partial charge is 0.325 e. The number of carbonyl (C=O) groups is 2. The molecule has 1 aromatic heterocycles. The first kappa shape index (κ1) is 20.5. The number of hydrogen-bond donors (Lipinski definition) is 2. The number of thioether (sulfide) groups is 1. The molecule has 8 nitrogen and oxygen atoms in total. The Morgan fingerprint density at radius 2 is 1.89 bits per heavy atom. The van der Waals surface area contributed by atoms with Crippen molar-refractivity contribution in [2.45, 2.75) is 30.4 Å². The van der Waals surface area contributed by atoms with Gasteiger partial charge in [0.05, 0.1) is 18.0 Å². The number of benzene rings is 1. The molecule has 1 aliphatic heterocycles. The van der Waals surface area contributed by atoms with Crippen LogP contribution in [0.4, 0.5) is 20.0 Å². The third-order valence-corrected chi connectivity index (χ3v) is 5.78. The van der Waals surface area contributed by atoms with Gasteiger partial charge < -0.3 is 15.0 Å². The van der Waals surface area contributed by atoms with Gasteiger partial charge in [0, 0.05) is 18.8 Å². The molecular formula is C17H20FN5O3S2. The van der Waals surface area contributed by atoms with Gasteiger partial charge in [-0.2, -0.15) is 0 Å². The first-order chi connectivity index (χ1) is 13.4. The summed E-state index contributed by atoms with van der Waals surface area (Å²) < 4.78 is 19.1. The molecule has 0 spiro atoms. The minimum atomic E-state index is -0.508. The minimum Gasteiger partial charge on any atom is -0.372 e. The second-order valence-electron chi connectivity index (χ2n) is 6.30. The van der Waals surface area contributed by atoms with E-state index < -0.39 is 6.03 Å². The minimum absolute atomic E-state index is 0.0192. The van der Waals surface area contributed by atoms with Crippen molar-refractivity contribution in [1.29, 1.82) is 0 Å². The van der Waals surface area contributed by atoms with E-state index in [1.165, 1.54) is 47.4 Å². The predicted octanol–water partition coefficient (Wildman–Crippen LogP) is 3.05. The summed E-state index contributed by atoms with van der Waals surface area (Å²) >= 11 is 2.45. The predicted molar refractivity (Wildman–Crippen MR) is 106 cm³/mol. The van der Waals surface area contributed by atoms with Gasteiger partial charge in [-0.1, -0.05) is 23.1 Å². The third-order valence-electron chi connectivity index (χ3n) is 3.82. The SMILES string of the molecule is C[C@H]1CN(C(=O)CSc2nnc(NC(=O)Nc3ccc(F)cc3)s2)C[C@H](C)O1. The van der Waals surface area contributed by atoms with Crippen molar-refractivity contribution in [1.82, 2.24) is 15.1 Å². The summed E-state index contributed by atoms with van der Waals surface area (Å²) in [5.41, 5.74) is 0.456. The molecule has 1 saturated heterocycles. The number of rotatable bonds is 5. The summed E-state index contributed by atoms with van der Waals surface area (Å²) in [6.07, 6.45) is 0.0457. The first-order valence-corrected chi connectivity index (χ1v) is 10.4. The van der Waals surface area contributed by atoms with E-state index >= 15 is 0 Å². The fourth-order valence-corrected chi connectivity index (χ4v) is 4.36. The highest BCUT2D eigenvalue weighted by Gasteiger charge is 2.26. The zero-order chi connectivity index (χ0) is 20.1. The fourth-order valence-electron chi connectivity index (χ4n) is 2.71. The van der Waals surface area contributed by atoms with E-state index in [1.54, 1.807) is 4.90 Å². The maximum absolute atomic E-state index is 12.9. The number of hydrogen-bond acceptors (Lipinski definition) is 7. The highest BCUT2D eigenvalue weighted by molar-refractivity contribution is 8.01. The summed E-state index contributed by atoms with van der Waals surface area (Å²) in [4.78, 5) is 26.1. The molecule has 3 rings (SSSR count). The zero-order valence-electron chi connectivity index (χ0n) is 15.3. The van der Waals surface area contributed by atoms with Crippen molar-refractivity contribution in [2.75, 3.05) is 29.5 Å². The first-order valence-electron chi connectivity index (χ1n) is 8.62. The molecule has 0 radical (unpaired) electrons. The molecule has 28 heavy (non-hydrogen) atoms. The molecular weight excluding hydrogens is 405 g/mol. The molecule has 0 bridgehead atoms. The normalized spacial score (nSPS) is 19.3. The number of ether oxygens (including phenoxy) is 1. The van der Waals surface area contributed by atoms with Gasteiger partial charge in [-0.15, -0.1) is 10.2 Å². The van der Waals surface area contributed by atoms with Gasteiger partial charge in [0.1, 0.15) is 5.82 Å². The number of morpholine rings is 1. The van der Waals surface area contributed by atoms with Crippen molar-refractivity contribution in [3.63, 3.8) is 0 Å². The Kier molecular flexibility index (Phi) is 6.81. The van der Waals surface area contributed by atoms with Crippen molar-refractivity contribution < 1.29 is 18.7 Å². The van der Waals surface area contributed by atoms with Crippen LogP contribution < -0.4 is 10.6 Å². The van der Waals surface area contributed by atoms with Gasteiger partial charge in [-0.05, 0) is 38.1 Å². The van der Waals surface area contributed by atoms with E-state index in [0.717, 1.165) is 0 Å². The largest absolute Gasteiger partial charge is 0.372 e. The summed E-state index contributed by atoms with van der Waals surface area (Å²) in [5.74, 6) is -0.117. The second kappa shape index (κ2) is 9.30. The van der Waals surface area contributed by atoms with E-state index in [2.05, 4.69) is 20.8 Å². The number of nitrogens with one attached hydrogen (secondary N) is 2. The summed E-state index contributed by atoms with van der Waals surface area (Å²) in [6, 6.07) is 4.90.